The minimum Gasteiger partial charge on any atom is -0.482 e. The number of halogens is 1. The highest BCUT2D eigenvalue weighted by Gasteiger charge is 2.46. The third-order valence-corrected chi connectivity index (χ3v) is 6.02. The highest BCUT2D eigenvalue weighted by molar-refractivity contribution is 6.30. The molecule has 1 unspecified atom stereocenters. The van der Waals surface area contributed by atoms with Crippen LogP contribution in [0.3, 0.4) is 0 Å². The van der Waals surface area contributed by atoms with Crippen LogP contribution in [0.25, 0.3) is 0 Å². The Balaban J connectivity index is 1.75. The van der Waals surface area contributed by atoms with Crippen LogP contribution >= 0.6 is 11.6 Å². The summed E-state index contributed by atoms with van der Waals surface area (Å²) >= 11 is 6.35. The molecule has 1 aliphatic heterocycles. The molecule has 4 rings (SSSR count). The van der Waals surface area contributed by atoms with Gasteiger partial charge in [-0.05, 0) is 47.7 Å². The summed E-state index contributed by atoms with van der Waals surface area (Å²) in [6.45, 7) is 0.482. The molecule has 3 aromatic rings. The summed E-state index contributed by atoms with van der Waals surface area (Å²) in [7, 11) is 0. The molecular weight excluding hydrogens is 440 g/mol. The van der Waals surface area contributed by atoms with Crippen molar-refractivity contribution in [1.29, 1.82) is 0 Å². The van der Waals surface area contributed by atoms with E-state index in [4.69, 9.17) is 21.4 Å². The van der Waals surface area contributed by atoms with Crippen LogP contribution in [0.15, 0.2) is 72.8 Å². The monoisotopic (exact) mass is 464 g/mol. The Morgan fingerprint density at radius 3 is 2.58 bits per heavy atom. The zero-order valence-corrected chi connectivity index (χ0v) is 18.8. The van der Waals surface area contributed by atoms with Gasteiger partial charge in [-0.1, -0.05) is 66.2 Å². The third kappa shape index (κ3) is 4.87. The summed E-state index contributed by atoms with van der Waals surface area (Å²) in [5, 5.41) is 16.1. The lowest BCUT2D eigenvalue weighted by atomic mass is 9.76. The first-order valence-corrected chi connectivity index (χ1v) is 11.2. The second-order valence-corrected chi connectivity index (χ2v) is 8.33. The molecule has 170 valence electrons. The van der Waals surface area contributed by atoms with Gasteiger partial charge in [-0.2, -0.15) is 0 Å². The number of aliphatic carboxylic acids is 1. The van der Waals surface area contributed by atoms with E-state index in [2.05, 4.69) is 10.6 Å². The zero-order valence-electron chi connectivity index (χ0n) is 18.0. The molecule has 3 aromatic carbocycles. The highest BCUT2D eigenvalue weighted by Crippen LogP contribution is 2.41. The number of fused-ring (bicyclic) bond motifs is 1. The molecule has 0 saturated carbocycles. The first kappa shape index (κ1) is 22.8. The lowest BCUT2D eigenvalue weighted by molar-refractivity contribution is -0.139. The first-order valence-electron chi connectivity index (χ1n) is 10.8. The summed E-state index contributed by atoms with van der Waals surface area (Å²) in [6, 6.07) is 22.6. The molecule has 6 nitrogen and oxygen atoms in total. The molecule has 0 spiro atoms. The summed E-state index contributed by atoms with van der Waals surface area (Å²) in [6.07, 6.45) is 1.45. The Morgan fingerprint density at radius 1 is 1.03 bits per heavy atom. The molecule has 1 amide bonds. The number of hydrogen-bond acceptors (Lipinski definition) is 4. The standard InChI is InChI=1S/C26H25ClN2O4/c27-20-10-11-23(33-17-24(30)31)22(16-20)26(21-9-5-4-8-19(21)13-15-29-26)25(32)28-14-12-18-6-2-1-3-7-18/h1-11,16,29H,12-15,17H2,(H,28,32)(H,30,31). The topological polar surface area (TPSA) is 87.7 Å². The molecule has 7 heteroatoms. The number of rotatable bonds is 8. The number of carbonyl (C=O) groups excluding carboxylic acids is 1. The van der Waals surface area contributed by atoms with Gasteiger partial charge in [0.15, 0.2) is 12.1 Å². The van der Waals surface area contributed by atoms with Crippen molar-refractivity contribution in [3.8, 4) is 5.75 Å². The molecule has 1 aliphatic rings. The number of amides is 1. The minimum absolute atomic E-state index is 0.243. The zero-order chi connectivity index (χ0) is 23.3. The van der Waals surface area contributed by atoms with Crippen molar-refractivity contribution in [2.24, 2.45) is 0 Å². The molecule has 0 radical (unpaired) electrons. The van der Waals surface area contributed by atoms with Gasteiger partial charge in [0.05, 0.1) is 0 Å². The number of carbonyl (C=O) groups is 2. The van der Waals surface area contributed by atoms with Crippen molar-refractivity contribution in [3.05, 3.63) is 100 Å². The first-order chi connectivity index (χ1) is 16.0. The van der Waals surface area contributed by atoms with Crippen molar-refractivity contribution in [2.75, 3.05) is 19.7 Å². The van der Waals surface area contributed by atoms with Crippen LogP contribution < -0.4 is 15.4 Å². The van der Waals surface area contributed by atoms with Crippen LogP contribution in [-0.2, 0) is 28.0 Å². The van der Waals surface area contributed by atoms with E-state index in [-0.39, 0.29) is 5.91 Å². The van der Waals surface area contributed by atoms with Gasteiger partial charge in [-0.25, -0.2) is 4.79 Å². The molecular formula is C26H25ClN2O4. The van der Waals surface area contributed by atoms with Crippen LogP contribution in [-0.4, -0.2) is 36.7 Å². The Hall–Kier alpha value is -3.35. The molecule has 33 heavy (non-hydrogen) atoms. The molecule has 0 aliphatic carbocycles. The normalized spacial score (nSPS) is 17.1. The van der Waals surface area contributed by atoms with Crippen LogP contribution in [0.2, 0.25) is 5.02 Å². The van der Waals surface area contributed by atoms with E-state index < -0.39 is 18.1 Å². The summed E-state index contributed by atoms with van der Waals surface area (Å²) in [5.74, 6) is -1.05. The van der Waals surface area contributed by atoms with Crippen molar-refractivity contribution in [3.63, 3.8) is 0 Å². The van der Waals surface area contributed by atoms with Crippen molar-refractivity contribution >= 4 is 23.5 Å². The fourth-order valence-corrected chi connectivity index (χ4v) is 4.48. The number of nitrogens with one attached hydrogen (secondary N) is 2. The van der Waals surface area contributed by atoms with Crippen LogP contribution in [0.5, 0.6) is 5.75 Å². The minimum atomic E-state index is -1.27. The maximum Gasteiger partial charge on any atom is 0.341 e. The van der Waals surface area contributed by atoms with E-state index >= 15 is 0 Å². The van der Waals surface area contributed by atoms with Gasteiger partial charge in [-0.3, -0.25) is 10.1 Å². The maximum absolute atomic E-state index is 13.9. The summed E-state index contributed by atoms with van der Waals surface area (Å²) in [5.41, 5.74) is 2.18. The Kier molecular flexibility index (Phi) is 6.96. The van der Waals surface area contributed by atoms with E-state index in [0.717, 1.165) is 23.1 Å². The lowest BCUT2D eigenvalue weighted by Crippen LogP contribution is -2.58. The average molecular weight is 465 g/mol. The predicted molar refractivity (Wildman–Crippen MR) is 127 cm³/mol. The van der Waals surface area contributed by atoms with Gasteiger partial charge in [0.25, 0.3) is 0 Å². The number of benzene rings is 3. The maximum atomic E-state index is 13.9. The van der Waals surface area contributed by atoms with E-state index in [9.17, 15) is 9.59 Å². The quantitative estimate of drug-likeness (QED) is 0.474. The number of hydrogen-bond donors (Lipinski definition) is 3. The largest absolute Gasteiger partial charge is 0.482 e. The SMILES string of the molecule is O=C(O)COc1ccc(Cl)cc1C1(C(=O)NCCc2ccccc2)NCCc2ccccc21. The molecule has 3 N–H and O–H groups in total. The predicted octanol–water partition coefficient (Wildman–Crippen LogP) is 3.55. The van der Waals surface area contributed by atoms with Crippen molar-refractivity contribution in [1.82, 2.24) is 10.6 Å². The second kappa shape index (κ2) is 10.1. The van der Waals surface area contributed by atoms with Gasteiger partial charge < -0.3 is 15.2 Å². The summed E-state index contributed by atoms with van der Waals surface area (Å²) < 4.78 is 5.59. The van der Waals surface area contributed by atoms with Crippen LogP contribution in [0.1, 0.15) is 22.3 Å². The van der Waals surface area contributed by atoms with Gasteiger partial charge in [0.2, 0.25) is 5.91 Å². The van der Waals surface area contributed by atoms with Crippen molar-refractivity contribution < 1.29 is 19.4 Å². The fraction of sp³-hybridized carbons (Fsp3) is 0.231. The number of carboxylic acids is 1. The number of carboxylic acid groups (broad SMARTS) is 1. The molecule has 1 atom stereocenters. The van der Waals surface area contributed by atoms with E-state index in [0.29, 0.717) is 35.8 Å². The fourth-order valence-electron chi connectivity index (χ4n) is 4.31. The number of ether oxygens (including phenoxy) is 1. The summed E-state index contributed by atoms with van der Waals surface area (Å²) in [4.78, 5) is 25.1. The highest BCUT2D eigenvalue weighted by atomic mass is 35.5. The average Bonchev–Trinajstić information content (AvgIpc) is 2.83. The van der Waals surface area contributed by atoms with Gasteiger partial charge >= 0.3 is 5.97 Å². The van der Waals surface area contributed by atoms with E-state index in [1.165, 1.54) is 0 Å². The Labute approximate surface area is 197 Å². The lowest BCUT2D eigenvalue weighted by Gasteiger charge is -2.40. The van der Waals surface area contributed by atoms with Gasteiger partial charge in [0.1, 0.15) is 5.75 Å². The Morgan fingerprint density at radius 2 is 1.79 bits per heavy atom. The molecule has 0 saturated heterocycles. The van der Waals surface area contributed by atoms with E-state index in [1.807, 2.05) is 54.6 Å². The van der Waals surface area contributed by atoms with E-state index in [1.54, 1.807) is 18.2 Å². The van der Waals surface area contributed by atoms with Gasteiger partial charge in [-0.15, -0.1) is 0 Å². The Bertz CT molecular complexity index is 1150. The second-order valence-electron chi connectivity index (χ2n) is 7.90. The molecule has 1 heterocycles. The van der Waals surface area contributed by atoms with Crippen LogP contribution in [0.4, 0.5) is 0 Å². The molecule has 0 fully saturated rings. The molecule has 0 bridgehead atoms. The molecule has 0 aromatic heterocycles. The van der Waals surface area contributed by atoms with Gasteiger partial charge in [0, 0.05) is 23.7 Å². The third-order valence-electron chi connectivity index (χ3n) is 5.79. The van der Waals surface area contributed by atoms with Crippen LogP contribution in [0, 0.1) is 0 Å². The van der Waals surface area contributed by atoms with Crippen molar-refractivity contribution in [2.45, 2.75) is 18.4 Å². The smallest absolute Gasteiger partial charge is 0.341 e.